The molecule has 0 aliphatic rings. The van der Waals surface area contributed by atoms with E-state index in [1.165, 1.54) is 7.11 Å². The molecular weight excluding hydrogens is 374 g/mol. The predicted molar refractivity (Wildman–Crippen MR) is 119 cm³/mol. The van der Waals surface area contributed by atoms with Crippen LogP contribution >= 0.6 is 0 Å². The van der Waals surface area contributed by atoms with Gasteiger partial charge in [-0.05, 0) is 18.1 Å². The Labute approximate surface area is 176 Å². The molecule has 3 rings (SSSR count). The third kappa shape index (κ3) is 4.08. The molecule has 0 aliphatic heterocycles. The van der Waals surface area contributed by atoms with Crippen LogP contribution < -0.4 is 0 Å². The number of methoxy groups -OCH3 is 1. The molecule has 0 spiro atoms. The molecule has 1 aromatic heterocycles. The fourth-order valence-electron chi connectivity index (χ4n) is 3.43. The molecule has 5 nitrogen and oxygen atoms in total. The minimum absolute atomic E-state index is 0.288. The number of hydrogen-bond donors (Lipinski definition) is 0. The zero-order valence-electron chi connectivity index (χ0n) is 17.5. The number of allylic oxidation sites excluding steroid dienone is 1. The molecule has 0 unspecified atom stereocenters. The van der Waals surface area contributed by atoms with Crippen molar-refractivity contribution < 1.29 is 9.53 Å². The van der Waals surface area contributed by atoms with Gasteiger partial charge >= 0.3 is 5.97 Å². The Kier molecular flexibility index (Phi) is 6.29. The molecule has 0 N–H and O–H groups in total. The molecular formula is C25H23N3O2. The fourth-order valence-corrected chi connectivity index (χ4v) is 3.43. The maximum atomic E-state index is 12.9. The van der Waals surface area contributed by atoms with Gasteiger partial charge in [0.1, 0.15) is 6.07 Å². The van der Waals surface area contributed by atoms with E-state index in [1.807, 2.05) is 92.8 Å². The second kappa shape index (κ2) is 9.06. The normalized spacial score (nSPS) is 11.0. The first-order valence-corrected chi connectivity index (χ1v) is 9.50. The van der Waals surface area contributed by atoms with Crippen molar-refractivity contribution in [2.45, 2.75) is 6.92 Å². The zero-order valence-corrected chi connectivity index (χ0v) is 17.5. The molecule has 3 aromatic rings. The SMILES string of the molecule is COC(=O)c1c(/C(C)=C/N(C)C)nc(-c2ccccc2)c(C#N)c1-c1ccccc1. The van der Waals surface area contributed by atoms with E-state index in [2.05, 4.69) is 6.07 Å². The minimum Gasteiger partial charge on any atom is -0.465 e. The largest absolute Gasteiger partial charge is 0.465 e. The number of pyridine rings is 1. The smallest absolute Gasteiger partial charge is 0.340 e. The summed E-state index contributed by atoms with van der Waals surface area (Å²) in [6, 6.07) is 21.2. The summed E-state index contributed by atoms with van der Waals surface area (Å²) in [7, 11) is 5.14. The van der Waals surface area contributed by atoms with Crippen LogP contribution in [0.1, 0.15) is 28.5 Å². The maximum Gasteiger partial charge on any atom is 0.340 e. The molecule has 0 atom stereocenters. The molecule has 0 saturated carbocycles. The lowest BCUT2D eigenvalue weighted by Crippen LogP contribution is -2.13. The van der Waals surface area contributed by atoms with Gasteiger partial charge in [0.05, 0.1) is 29.6 Å². The van der Waals surface area contributed by atoms with Gasteiger partial charge in [-0.3, -0.25) is 0 Å². The van der Waals surface area contributed by atoms with Gasteiger partial charge in [0.15, 0.2) is 0 Å². The highest BCUT2D eigenvalue weighted by molar-refractivity contribution is 6.04. The van der Waals surface area contributed by atoms with E-state index in [-0.39, 0.29) is 5.56 Å². The number of carbonyl (C=O) groups excluding carboxylic acids is 1. The topological polar surface area (TPSA) is 66.2 Å². The molecule has 0 saturated heterocycles. The molecule has 2 aromatic carbocycles. The van der Waals surface area contributed by atoms with Crippen LogP contribution in [0.15, 0.2) is 66.9 Å². The third-order valence-electron chi connectivity index (χ3n) is 4.63. The van der Waals surface area contributed by atoms with Crippen LogP contribution in [0.4, 0.5) is 0 Å². The molecule has 0 radical (unpaired) electrons. The summed E-state index contributed by atoms with van der Waals surface area (Å²) < 4.78 is 5.11. The zero-order chi connectivity index (χ0) is 21.7. The molecule has 5 heteroatoms. The Morgan fingerprint density at radius 1 is 1.03 bits per heavy atom. The minimum atomic E-state index is -0.529. The molecule has 150 valence electrons. The van der Waals surface area contributed by atoms with Crippen molar-refractivity contribution in [3.05, 3.63) is 83.7 Å². The molecule has 30 heavy (non-hydrogen) atoms. The molecule has 0 fully saturated rings. The van der Waals surface area contributed by atoms with Gasteiger partial charge in [-0.15, -0.1) is 0 Å². The number of aromatic nitrogens is 1. The van der Waals surface area contributed by atoms with Crippen molar-refractivity contribution in [1.82, 2.24) is 9.88 Å². The Bertz CT molecular complexity index is 1130. The van der Waals surface area contributed by atoms with Crippen LogP contribution in [-0.4, -0.2) is 37.1 Å². The van der Waals surface area contributed by atoms with Crippen LogP contribution in [0.5, 0.6) is 0 Å². The van der Waals surface area contributed by atoms with E-state index >= 15 is 0 Å². The standard InChI is InChI=1S/C25H23N3O2/c1-17(16-28(2)3)23-22(25(29)30-4)21(18-11-7-5-8-12-18)20(15-26)24(27-23)19-13-9-6-10-14-19/h5-14,16H,1-4H3/b17-16+. The third-order valence-corrected chi connectivity index (χ3v) is 4.63. The van der Waals surface area contributed by atoms with E-state index in [4.69, 9.17) is 9.72 Å². The van der Waals surface area contributed by atoms with Crippen molar-refractivity contribution in [2.75, 3.05) is 21.2 Å². The Balaban J connectivity index is 2.52. The van der Waals surface area contributed by atoms with Crippen LogP contribution in [0.25, 0.3) is 28.0 Å². The average Bonchev–Trinajstić information content (AvgIpc) is 2.77. The van der Waals surface area contributed by atoms with Gasteiger partial charge < -0.3 is 9.64 Å². The highest BCUT2D eigenvalue weighted by Gasteiger charge is 2.27. The number of hydrogen-bond acceptors (Lipinski definition) is 5. The summed E-state index contributed by atoms with van der Waals surface area (Å²) in [6.07, 6.45) is 1.89. The van der Waals surface area contributed by atoms with E-state index in [9.17, 15) is 10.1 Å². The second-order valence-corrected chi connectivity index (χ2v) is 7.05. The van der Waals surface area contributed by atoms with Gasteiger partial charge in [-0.2, -0.15) is 5.26 Å². The lowest BCUT2D eigenvalue weighted by Gasteiger charge is -2.19. The average molecular weight is 397 g/mol. The van der Waals surface area contributed by atoms with Crippen molar-refractivity contribution in [3.63, 3.8) is 0 Å². The van der Waals surface area contributed by atoms with Crippen molar-refractivity contribution >= 4 is 11.5 Å². The predicted octanol–water partition coefficient (Wildman–Crippen LogP) is 5.00. The van der Waals surface area contributed by atoms with Crippen molar-refractivity contribution in [1.29, 1.82) is 5.26 Å². The first kappa shape index (κ1) is 20.8. The number of benzene rings is 2. The van der Waals surface area contributed by atoms with E-state index in [1.54, 1.807) is 0 Å². The summed E-state index contributed by atoms with van der Waals surface area (Å²) in [6.45, 7) is 1.89. The summed E-state index contributed by atoms with van der Waals surface area (Å²) in [5.74, 6) is -0.529. The maximum absolute atomic E-state index is 12.9. The van der Waals surface area contributed by atoms with E-state index in [0.717, 1.165) is 16.7 Å². The number of esters is 1. The fraction of sp³-hybridized carbons (Fsp3) is 0.160. The Hall–Kier alpha value is -3.91. The Morgan fingerprint density at radius 2 is 1.60 bits per heavy atom. The number of nitrogens with zero attached hydrogens (tertiary/aromatic N) is 3. The number of rotatable bonds is 5. The van der Waals surface area contributed by atoms with Crippen LogP contribution in [0.3, 0.4) is 0 Å². The highest BCUT2D eigenvalue weighted by Crippen LogP contribution is 2.37. The monoisotopic (exact) mass is 397 g/mol. The van der Waals surface area contributed by atoms with Gasteiger partial charge in [-0.25, -0.2) is 9.78 Å². The first-order chi connectivity index (χ1) is 14.5. The van der Waals surface area contributed by atoms with Crippen molar-refractivity contribution in [3.8, 4) is 28.5 Å². The summed E-state index contributed by atoms with van der Waals surface area (Å²) >= 11 is 0. The molecule has 0 bridgehead atoms. The van der Waals surface area contributed by atoms with Crippen LogP contribution in [-0.2, 0) is 4.74 Å². The summed E-state index contributed by atoms with van der Waals surface area (Å²) in [5, 5.41) is 10.1. The van der Waals surface area contributed by atoms with Crippen molar-refractivity contribution in [2.24, 2.45) is 0 Å². The van der Waals surface area contributed by atoms with Crippen LogP contribution in [0.2, 0.25) is 0 Å². The quantitative estimate of drug-likeness (QED) is 0.567. The second-order valence-electron chi connectivity index (χ2n) is 7.05. The summed E-state index contributed by atoms with van der Waals surface area (Å²) in [5.41, 5.74) is 4.54. The lowest BCUT2D eigenvalue weighted by atomic mass is 9.89. The van der Waals surface area contributed by atoms with Gasteiger partial charge in [0, 0.05) is 31.4 Å². The van der Waals surface area contributed by atoms with Gasteiger partial charge in [-0.1, -0.05) is 60.7 Å². The molecule has 0 aliphatic carbocycles. The number of nitriles is 1. The lowest BCUT2D eigenvalue weighted by molar-refractivity contribution is 0.0600. The van der Waals surface area contributed by atoms with Gasteiger partial charge in [0.25, 0.3) is 0 Å². The number of carbonyl (C=O) groups is 1. The summed E-state index contributed by atoms with van der Waals surface area (Å²) in [4.78, 5) is 19.6. The Morgan fingerprint density at radius 3 is 2.10 bits per heavy atom. The highest BCUT2D eigenvalue weighted by atomic mass is 16.5. The van der Waals surface area contributed by atoms with Gasteiger partial charge in [0.2, 0.25) is 0 Å². The molecule has 1 heterocycles. The van der Waals surface area contributed by atoms with Crippen LogP contribution in [0, 0.1) is 11.3 Å². The van der Waals surface area contributed by atoms with E-state index in [0.29, 0.717) is 22.5 Å². The van der Waals surface area contributed by atoms with E-state index < -0.39 is 5.97 Å². The molecule has 0 amide bonds. The first-order valence-electron chi connectivity index (χ1n) is 9.50. The number of ether oxygens (including phenoxy) is 1.